The lowest BCUT2D eigenvalue weighted by molar-refractivity contribution is -0.137. The minimum absolute atomic E-state index is 0.150. The van der Waals surface area contributed by atoms with Gasteiger partial charge in [-0.3, -0.25) is 9.78 Å². The van der Waals surface area contributed by atoms with Crippen LogP contribution in [0.25, 0.3) is 10.9 Å². The molecule has 0 amide bonds. The molecule has 4 rings (SSSR count). The van der Waals surface area contributed by atoms with Gasteiger partial charge in [-0.2, -0.15) is 5.10 Å². The number of hydrogen-bond donors (Lipinski definition) is 1. The summed E-state index contributed by atoms with van der Waals surface area (Å²) in [6, 6.07) is 11.1. The molecule has 36 heavy (non-hydrogen) atoms. The summed E-state index contributed by atoms with van der Waals surface area (Å²) in [4.78, 5) is 18.0. The summed E-state index contributed by atoms with van der Waals surface area (Å²) in [5, 5.41) is 19.0. The molecule has 3 heterocycles. The Kier molecular flexibility index (Phi) is 9.47. The number of benzene rings is 1. The number of ether oxygens (including phenoxy) is 1. The van der Waals surface area contributed by atoms with E-state index in [9.17, 15) is 9.90 Å². The Balaban J connectivity index is 1.35. The number of likely N-dealkylation sites (tertiary alicyclic amines) is 1. The van der Waals surface area contributed by atoms with Gasteiger partial charge >= 0.3 is 5.97 Å². The van der Waals surface area contributed by atoms with Crippen molar-refractivity contribution >= 4 is 28.6 Å². The van der Waals surface area contributed by atoms with Crippen LogP contribution in [0.3, 0.4) is 0 Å². The van der Waals surface area contributed by atoms with Gasteiger partial charge in [0.25, 0.3) is 0 Å². The van der Waals surface area contributed by atoms with Crippen LogP contribution in [0.15, 0.2) is 53.8 Å². The molecule has 1 aromatic carbocycles. The molecule has 192 valence electrons. The number of thioether (sulfide) groups is 1. The second kappa shape index (κ2) is 13.0. The summed E-state index contributed by atoms with van der Waals surface area (Å²) in [6.45, 7) is 2.71. The predicted octanol–water partition coefficient (Wildman–Crippen LogP) is 5.42. The van der Waals surface area contributed by atoms with Crippen LogP contribution in [-0.2, 0) is 4.79 Å². The summed E-state index contributed by atoms with van der Waals surface area (Å²) >= 11 is 1.68. The molecule has 1 aliphatic rings. The summed E-state index contributed by atoms with van der Waals surface area (Å²) in [5.74, 6) is 1.37. The summed E-state index contributed by atoms with van der Waals surface area (Å²) in [6.07, 6.45) is 5.09. The molecule has 0 aliphatic carbocycles. The number of aromatic nitrogens is 3. The van der Waals surface area contributed by atoms with Gasteiger partial charge in [-0.25, -0.2) is 4.39 Å². The average Bonchev–Trinajstić information content (AvgIpc) is 2.91. The quantitative estimate of drug-likeness (QED) is 0.322. The van der Waals surface area contributed by atoms with E-state index >= 15 is 4.39 Å². The summed E-state index contributed by atoms with van der Waals surface area (Å²) < 4.78 is 20.8. The molecule has 7 nitrogen and oxygen atoms in total. The zero-order valence-electron chi connectivity index (χ0n) is 20.6. The molecule has 0 spiro atoms. The van der Waals surface area contributed by atoms with Crippen LogP contribution in [0.4, 0.5) is 4.39 Å². The Hall–Kier alpha value is -2.78. The Morgan fingerprint density at radius 2 is 2.14 bits per heavy atom. The first kappa shape index (κ1) is 26.3. The molecule has 3 atom stereocenters. The normalized spacial score (nSPS) is 19.3. The van der Waals surface area contributed by atoms with E-state index in [-0.39, 0.29) is 12.3 Å². The van der Waals surface area contributed by atoms with Crippen LogP contribution in [0.2, 0.25) is 0 Å². The number of nitrogens with zero attached hydrogens (tertiary/aromatic N) is 4. The maximum Gasteiger partial charge on any atom is 0.303 e. The van der Waals surface area contributed by atoms with Gasteiger partial charge in [-0.1, -0.05) is 0 Å². The molecule has 1 aliphatic heterocycles. The number of carbonyl (C=O) groups is 1. The lowest BCUT2D eigenvalue weighted by Crippen LogP contribution is -2.41. The monoisotopic (exact) mass is 512 g/mol. The van der Waals surface area contributed by atoms with Gasteiger partial charge < -0.3 is 14.7 Å². The van der Waals surface area contributed by atoms with Crippen molar-refractivity contribution in [1.82, 2.24) is 20.1 Å². The average molecular weight is 513 g/mol. The van der Waals surface area contributed by atoms with E-state index in [0.717, 1.165) is 54.2 Å². The molecule has 3 aromatic rings. The van der Waals surface area contributed by atoms with Gasteiger partial charge in [0.15, 0.2) is 0 Å². The molecule has 2 aromatic heterocycles. The molecule has 1 fully saturated rings. The highest BCUT2D eigenvalue weighted by molar-refractivity contribution is 7.99. The van der Waals surface area contributed by atoms with E-state index in [1.54, 1.807) is 37.3 Å². The molecule has 0 saturated carbocycles. The number of piperidine rings is 1. The highest BCUT2D eigenvalue weighted by Gasteiger charge is 2.30. The fraction of sp³-hybridized carbons (Fsp3) is 0.481. The molecular weight excluding hydrogens is 479 g/mol. The largest absolute Gasteiger partial charge is 0.497 e. The van der Waals surface area contributed by atoms with E-state index in [2.05, 4.69) is 20.1 Å². The topological polar surface area (TPSA) is 88.4 Å². The predicted molar refractivity (Wildman–Crippen MR) is 139 cm³/mol. The van der Waals surface area contributed by atoms with Crippen LogP contribution < -0.4 is 4.74 Å². The minimum Gasteiger partial charge on any atom is -0.497 e. The fourth-order valence-electron chi connectivity index (χ4n) is 5.08. The fourth-order valence-corrected chi connectivity index (χ4v) is 5.92. The second-order valence-corrected chi connectivity index (χ2v) is 10.4. The highest BCUT2D eigenvalue weighted by Crippen LogP contribution is 2.36. The van der Waals surface area contributed by atoms with Crippen molar-refractivity contribution in [2.24, 2.45) is 11.8 Å². The molecule has 1 N–H and O–H groups in total. The number of aliphatic carboxylic acids is 1. The number of carboxylic acid groups (broad SMARTS) is 1. The van der Waals surface area contributed by atoms with Gasteiger partial charge in [-0.15, -0.1) is 16.9 Å². The second-order valence-electron chi connectivity index (χ2n) is 9.28. The Labute approximate surface area is 215 Å². The maximum atomic E-state index is 15.5. The number of hydrogen-bond acceptors (Lipinski definition) is 7. The van der Waals surface area contributed by atoms with Crippen molar-refractivity contribution < 1.29 is 19.0 Å². The van der Waals surface area contributed by atoms with Crippen LogP contribution in [0, 0.1) is 11.8 Å². The highest BCUT2D eigenvalue weighted by atomic mass is 32.2. The SMILES string of the molecule is COc1ccc2nccc([C@H](F)CC[C@@H]3CCN(CCSc4cccnn4)C[C@H]3CCC(=O)O)c2c1. The van der Waals surface area contributed by atoms with Gasteiger partial charge in [0.05, 0.1) is 12.6 Å². The summed E-state index contributed by atoms with van der Waals surface area (Å²) in [7, 11) is 1.60. The third-order valence-corrected chi connectivity index (χ3v) is 7.92. The van der Waals surface area contributed by atoms with Gasteiger partial charge in [0, 0.05) is 43.0 Å². The number of methoxy groups -OCH3 is 1. The van der Waals surface area contributed by atoms with Crippen molar-refractivity contribution in [3.05, 3.63) is 54.4 Å². The van der Waals surface area contributed by atoms with Gasteiger partial charge in [0.2, 0.25) is 0 Å². The van der Waals surface area contributed by atoms with E-state index in [1.807, 2.05) is 30.3 Å². The van der Waals surface area contributed by atoms with Crippen molar-refractivity contribution in [2.45, 2.75) is 43.3 Å². The van der Waals surface area contributed by atoms with Crippen molar-refractivity contribution in [1.29, 1.82) is 0 Å². The van der Waals surface area contributed by atoms with Crippen molar-refractivity contribution in [3.8, 4) is 5.75 Å². The zero-order chi connectivity index (χ0) is 25.3. The Morgan fingerprint density at radius 3 is 2.92 bits per heavy atom. The standard InChI is InChI=1S/C27H33FN4O3S/c1-35-21-6-8-25-23(17-21)22(10-13-29-25)24(28)7-4-19-11-14-32(18-20(19)5-9-27(33)34)15-16-36-26-3-2-12-30-31-26/h2-3,6,8,10,12-13,17,19-20,24H,4-5,7,9,11,14-16,18H2,1H3,(H,33,34)/t19-,20-,24-/m1/s1. The van der Waals surface area contributed by atoms with Crippen LogP contribution in [-0.4, -0.2) is 63.7 Å². The number of pyridine rings is 1. The molecule has 1 saturated heterocycles. The zero-order valence-corrected chi connectivity index (χ0v) is 21.4. The summed E-state index contributed by atoms with van der Waals surface area (Å²) in [5.41, 5.74) is 1.39. The van der Waals surface area contributed by atoms with Crippen molar-refractivity contribution in [3.63, 3.8) is 0 Å². The third kappa shape index (κ3) is 7.13. The van der Waals surface area contributed by atoms with E-state index in [0.29, 0.717) is 30.1 Å². The minimum atomic E-state index is -1.11. The molecule has 9 heteroatoms. The van der Waals surface area contributed by atoms with Gasteiger partial charge in [0.1, 0.15) is 16.9 Å². The maximum absolute atomic E-state index is 15.5. The first-order chi connectivity index (χ1) is 17.5. The molecular formula is C27H33FN4O3S. The molecule has 0 radical (unpaired) electrons. The number of fused-ring (bicyclic) bond motifs is 1. The Bertz CT molecular complexity index is 1140. The number of rotatable bonds is 12. The lowest BCUT2D eigenvalue weighted by Gasteiger charge is -2.39. The smallest absolute Gasteiger partial charge is 0.303 e. The molecule has 0 bridgehead atoms. The van der Waals surface area contributed by atoms with E-state index < -0.39 is 12.1 Å². The van der Waals surface area contributed by atoms with E-state index in [1.165, 1.54) is 0 Å². The van der Waals surface area contributed by atoms with Gasteiger partial charge in [-0.05, 0) is 86.0 Å². The Morgan fingerprint density at radius 1 is 1.25 bits per heavy atom. The number of halogens is 1. The van der Waals surface area contributed by atoms with E-state index in [4.69, 9.17) is 4.74 Å². The third-order valence-electron chi connectivity index (χ3n) is 7.02. The van der Waals surface area contributed by atoms with Crippen LogP contribution in [0.5, 0.6) is 5.75 Å². The van der Waals surface area contributed by atoms with Crippen molar-refractivity contribution in [2.75, 3.05) is 32.5 Å². The lowest BCUT2D eigenvalue weighted by atomic mass is 9.79. The van der Waals surface area contributed by atoms with Crippen LogP contribution in [0.1, 0.15) is 43.8 Å². The van der Waals surface area contributed by atoms with Crippen LogP contribution >= 0.6 is 11.8 Å². The first-order valence-electron chi connectivity index (χ1n) is 12.4. The number of alkyl halides is 1. The molecule has 0 unspecified atom stereocenters. The first-order valence-corrected chi connectivity index (χ1v) is 13.4. The number of carboxylic acids is 1.